The topological polar surface area (TPSA) is 79.5 Å². The Morgan fingerprint density at radius 2 is 1.95 bits per heavy atom. The van der Waals surface area contributed by atoms with Gasteiger partial charge in [0.15, 0.2) is 0 Å². The summed E-state index contributed by atoms with van der Waals surface area (Å²) in [5, 5.41) is 19.0. The highest BCUT2D eigenvalue weighted by Crippen LogP contribution is 2.33. The van der Waals surface area contributed by atoms with Gasteiger partial charge in [-0.05, 0) is 19.1 Å². The first kappa shape index (κ1) is 14.2. The van der Waals surface area contributed by atoms with Gasteiger partial charge in [0.2, 0.25) is 0 Å². The predicted octanol–water partition coefficient (Wildman–Crippen LogP) is 2.25. The van der Waals surface area contributed by atoms with Crippen LogP contribution >= 0.6 is 11.8 Å². The smallest absolute Gasteiger partial charge is 0.336 e. The number of rotatable bonds is 3. The fourth-order valence-corrected chi connectivity index (χ4v) is 2.74. The average molecular weight is 291 g/mol. The highest BCUT2D eigenvalue weighted by molar-refractivity contribution is 7.99. The molecule has 1 aromatic carbocycles. The van der Waals surface area contributed by atoms with Gasteiger partial charge in [-0.15, -0.1) is 0 Å². The van der Waals surface area contributed by atoms with E-state index in [1.54, 1.807) is 32.2 Å². The minimum absolute atomic E-state index is 0.0968. The van der Waals surface area contributed by atoms with Crippen LogP contribution in [-0.2, 0) is 7.05 Å². The third kappa shape index (κ3) is 2.55. The number of carbonyl (C=O) groups is 1. The fourth-order valence-electron chi connectivity index (χ4n) is 1.72. The number of nitrogens with zero attached hydrogens (tertiary/aromatic N) is 1. The molecule has 0 aliphatic rings. The molecule has 0 spiro atoms. The SMILES string of the molecule is Cc1cc(O)c(Sc2ccccc2C(=O)O)c(=O)n1C. The van der Waals surface area contributed by atoms with Crippen LogP contribution in [0, 0.1) is 6.92 Å². The van der Waals surface area contributed by atoms with E-state index in [1.807, 2.05) is 0 Å². The minimum atomic E-state index is -1.07. The van der Waals surface area contributed by atoms with Crippen molar-refractivity contribution >= 4 is 17.7 Å². The van der Waals surface area contributed by atoms with Crippen LogP contribution < -0.4 is 5.56 Å². The van der Waals surface area contributed by atoms with E-state index in [0.717, 1.165) is 11.8 Å². The second-order valence-corrected chi connectivity index (χ2v) is 5.32. The highest BCUT2D eigenvalue weighted by atomic mass is 32.2. The number of aromatic hydroxyl groups is 1. The number of hydrogen-bond acceptors (Lipinski definition) is 4. The molecule has 0 radical (unpaired) electrons. The third-order valence-corrected chi connectivity index (χ3v) is 4.10. The Balaban J connectivity index is 2.54. The van der Waals surface area contributed by atoms with Crippen LogP contribution in [0.4, 0.5) is 0 Å². The number of carboxylic acids is 1. The monoisotopic (exact) mass is 291 g/mol. The number of benzene rings is 1. The Morgan fingerprint density at radius 3 is 2.60 bits per heavy atom. The summed E-state index contributed by atoms with van der Waals surface area (Å²) < 4.78 is 1.41. The fraction of sp³-hybridized carbons (Fsp3) is 0.143. The van der Waals surface area contributed by atoms with Crippen LogP contribution in [0.1, 0.15) is 16.1 Å². The van der Waals surface area contributed by atoms with Gasteiger partial charge in [-0.1, -0.05) is 23.9 Å². The molecule has 20 heavy (non-hydrogen) atoms. The minimum Gasteiger partial charge on any atom is -0.506 e. The van der Waals surface area contributed by atoms with E-state index in [1.165, 1.54) is 16.7 Å². The van der Waals surface area contributed by atoms with Crippen molar-refractivity contribution in [1.82, 2.24) is 4.57 Å². The van der Waals surface area contributed by atoms with Crippen LogP contribution in [0.5, 0.6) is 5.75 Å². The summed E-state index contributed by atoms with van der Waals surface area (Å²) in [5.41, 5.74) is 0.371. The standard InChI is InChI=1S/C14H13NO4S/c1-8-7-10(16)12(13(17)15(8)2)20-11-6-4-3-5-9(11)14(18)19/h3-7,16H,1-2H3,(H,18,19). The van der Waals surface area contributed by atoms with Crippen molar-refractivity contribution in [2.45, 2.75) is 16.7 Å². The quantitative estimate of drug-likeness (QED) is 0.906. The molecule has 0 saturated carbocycles. The van der Waals surface area contributed by atoms with Crippen molar-refractivity contribution in [2.24, 2.45) is 7.05 Å². The molecule has 2 rings (SSSR count). The van der Waals surface area contributed by atoms with Gasteiger partial charge in [-0.25, -0.2) is 4.79 Å². The molecule has 5 nitrogen and oxygen atoms in total. The molecule has 0 saturated heterocycles. The van der Waals surface area contributed by atoms with Crippen molar-refractivity contribution in [3.63, 3.8) is 0 Å². The maximum atomic E-state index is 12.1. The highest BCUT2D eigenvalue weighted by Gasteiger charge is 2.16. The van der Waals surface area contributed by atoms with E-state index < -0.39 is 5.97 Å². The van der Waals surface area contributed by atoms with Crippen LogP contribution in [0.15, 0.2) is 44.9 Å². The number of aromatic carboxylic acids is 1. The summed E-state index contributed by atoms with van der Waals surface area (Å²) >= 11 is 0.954. The van der Waals surface area contributed by atoms with E-state index in [2.05, 4.69) is 0 Å². The number of carboxylic acid groups (broad SMARTS) is 1. The normalized spacial score (nSPS) is 10.5. The van der Waals surface area contributed by atoms with Crippen molar-refractivity contribution in [3.05, 3.63) is 51.9 Å². The Hall–Kier alpha value is -2.21. The third-order valence-electron chi connectivity index (χ3n) is 2.94. The van der Waals surface area contributed by atoms with E-state index in [-0.39, 0.29) is 21.8 Å². The number of aryl methyl sites for hydroxylation is 1. The van der Waals surface area contributed by atoms with Crippen LogP contribution in [0.25, 0.3) is 0 Å². The molecular formula is C14H13NO4S. The summed E-state index contributed by atoms with van der Waals surface area (Å²) in [5.74, 6) is -1.22. The van der Waals surface area contributed by atoms with Gasteiger partial charge >= 0.3 is 5.97 Å². The first-order valence-electron chi connectivity index (χ1n) is 5.81. The average Bonchev–Trinajstić information content (AvgIpc) is 2.41. The van der Waals surface area contributed by atoms with Crippen LogP contribution in [-0.4, -0.2) is 20.7 Å². The van der Waals surface area contributed by atoms with Gasteiger partial charge in [0.1, 0.15) is 10.6 Å². The van der Waals surface area contributed by atoms with Gasteiger partial charge in [-0.3, -0.25) is 4.79 Å². The van der Waals surface area contributed by atoms with E-state index in [0.29, 0.717) is 10.6 Å². The second kappa shape index (κ2) is 5.42. The molecule has 1 heterocycles. The lowest BCUT2D eigenvalue weighted by atomic mass is 10.2. The molecule has 2 aromatic rings. The summed E-state index contributed by atoms with van der Waals surface area (Å²) in [7, 11) is 1.60. The number of aromatic nitrogens is 1. The molecule has 0 fully saturated rings. The lowest BCUT2D eigenvalue weighted by Gasteiger charge is -2.10. The van der Waals surface area contributed by atoms with Gasteiger partial charge in [0, 0.05) is 23.7 Å². The Kier molecular flexibility index (Phi) is 3.85. The molecule has 1 aromatic heterocycles. The van der Waals surface area contributed by atoms with Crippen LogP contribution in [0.2, 0.25) is 0 Å². The molecule has 104 valence electrons. The molecule has 0 unspecified atom stereocenters. The lowest BCUT2D eigenvalue weighted by molar-refractivity contribution is 0.0693. The zero-order chi connectivity index (χ0) is 14.9. The van der Waals surface area contributed by atoms with E-state index in [4.69, 9.17) is 5.11 Å². The molecule has 0 bridgehead atoms. The summed E-state index contributed by atoms with van der Waals surface area (Å²) in [6, 6.07) is 7.84. The van der Waals surface area contributed by atoms with Crippen molar-refractivity contribution < 1.29 is 15.0 Å². The number of pyridine rings is 1. The van der Waals surface area contributed by atoms with E-state index in [9.17, 15) is 14.7 Å². The molecule has 0 aliphatic carbocycles. The van der Waals surface area contributed by atoms with Crippen molar-refractivity contribution in [1.29, 1.82) is 0 Å². The molecule has 0 atom stereocenters. The summed E-state index contributed by atoms with van der Waals surface area (Å²) in [4.78, 5) is 23.8. The first-order valence-corrected chi connectivity index (χ1v) is 6.63. The zero-order valence-corrected chi connectivity index (χ0v) is 11.8. The Bertz CT molecular complexity index is 736. The first-order chi connectivity index (χ1) is 9.41. The number of hydrogen-bond donors (Lipinski definition) is 2. The second-order valence-electron chi connectivity index (χ2n) is 4.27. The molecule has 2 N–H and O–H groups in total. The van der Waals surface area contributed by atoms with Gasteiger partial charge in [-0.2, -0.15) is 0 Å². The Labute approximate surface area is 119 Å². The maximum absolute atomic E-state index is 12.1. The lowest BCUT2D eigenvalue weighted by Crippen LogP contribution is -2.20. The summed E-state index contributed by atoms with van der Waals surface area (Å²) in [6.07, 6.45) is 0. The molecule has 0 amide bonds. The summed E-state index contributed by atoms with van der Waals surface area (Å²) in [6.45, 7) is 1.71. The predicted molar refractivity (Wildman–Crippen MR) is 75.6 cm³/mol. The Morgan fingerprint density at radius 1 is 1.30 bits per heavy atom. The largest absolute Gasteiger partial charge is 0.506 e. The molecule has 0 aliphatic heterocycles. The van der Waals surface area contributed by atoms with Gasteiger partial charge < -0.3 is 14.8 Å². The van der Waals surface area contributed by atoms with Crippen molar-refractivity contribution in [2.75, 3.05) is 0 Å². The molecular weight excluding hydrogens is 278 g/mol. The maximum Gasteiger partial charge on any atom is 0.336 e. The zero-order valence-electron chi connectivity index (χ0n) is 11.0. The van der Waals surface area contributed by atoms with Gasteiger partial charge in [0.05, 0.1) is 5.56 Å². The van der Waals surface area contributed by atoms with Crippen molar-refractivity contribution in [3.8, 4) is 5.75 Å². The van der Waals surface area contributed by atoms with Crippen LogP contribution in [0.3, 0.4) is 0 Å². The molecule has 6 heteroatoms. The van der Waals surface area contributed by atoms with Gasteiger partial charge in [0.25, 0.3) is 5.56 Å². The van der Waals surface area contributed by atoms with E-state index >= 15 is 0 Å².